The zero-order valence-electron chi connectivity index (χ0n) is 9.41. The number of carbonyl (C=O) groups excluding carboxylic acids is 1. The molecule has 0 fully saturated rings. The normalized spacial score (nSPS) is 15.8. The highest BCUT2D eigenvalue weighted by molar-refractivity contribution is 6.31. The Morgan fingerprint density at radius 2 is 2.11 bits per heavy atom. The molecule has 6 nitrogen and oxygen atoms in total. The number of rotatable bonds is 5. The lowest BCUT2D eigenvalue weighted by molar-refractivity contribution is -0.126. The highest BCUT2D eigenvalue weighted by Gasteiger charge is 2.40. The van der Waals surface area contributed by atoms with E-state index in [2.05, 4.69) is 4.74 Å². The van der Waals surface area contributed by atoms with Gasteiger partial charge in [0, 0.05) is 10.6 Å². The first-order valence-electron chi connectivity index (χ1n) is 5.10. The van der Waals surface area contributed by atoms with Crippen molar-refractivity contribution in [3.05, 3.63) is 34.9 Å². The van der Waals surface area contributed by atoms with Crippen LogP contribution in [-0.4, -0.2) is 40.7 Å². The SMILES string of the molecule is NC(=O)OC[C@](O)(c1ccccc1Cl)C(O)CO. The van der Waals surface area contributed by atoms with Gasteiger partial charge in [0.1, 0.15) is 12.7 Å². The van der Waals surface area contributed by atoms with Crippen LogP contribution < -0.4 is 5.73 Å². The van der Waals surface area contributed by atoms with Crippen LogP contribution in [0, 0.1) is 0 Å². The quantitative estimate of drug-likeness (QED) is 0.603. The third kappa shape index (κ3) is 3.11. The van der Waals surface area contributed by atoms with E-state index in [-0.39, 0.29) is 10.6 Å². The van der Waals surface area contributed by atoms with Crippen LogP contribution in [0.4, 0.5) is 4.79 Å². The highest BCUT2D eigenvalue weighted by Crippen LogP contribution is 2.31. The van der Waals surface area contributed by atoms with Gasteiger partial charge in [0.15, 0.2) is 5.60 Å². The zero-order chi connectivity index (χ0) is 13.8. The van der Waals surface area contributed by atoms with Gasteiger partial charge >= 0.3 is 6.09 Å². The Kier molecular flexibility index (Phi) is 4.92. The number of halogens is 1. The lowest BCUT2D eigenvalue weighted by Gasteiger charge is -2.32. The second-order valence-electron chi connectivity index (χ2n) is 3.71. The molecule has 0 aliphatic rings. The van der Waals surface area contributed by atoms with Crippen LogP contribution in [0.25, 0.3) is 0 Å². The van der Waals surface area contributed by atoms with Crippen LogP contribution in [0.1, 0.15) is 5.56 Å². The van der Waals surface area contributed by atoms with Crippen molar-refractivity contribution in [3.63, 3.8) is 0 Å². The van der Waals surface area contributed by atoms with Gasteiger partial charge in [-0.15, -0.1) is 0 Å². The van der Waals surface area contributed by atoms with Gasteiger partial charge in [0.2, 0.25) is 0 Å². The van der Waals surface area contributed by atoms with Gasteiger partial charge in [0.05, 0.1) is 6.61 Å². The number of amides is 1. The van der Waals surface area contributed by atoms with Crippen LogP contribution in [-0.2, 0) is 10.3 Å². The fraction of sp³-hybridized carbons (Fsp3) is 0.364. The minimum Gasteiger partial charge on any atom is -0.446 e. The summed E-state index contributed by atoms with van der Waals surface area (Å²) in [4.78, 5) is 10.6. The third-order valence-corrected chi connectivity index (χ3v) is 2.83. The first-order chi connectivity index (χ1) is 8.41. The molecule has 1 aromatic carbocycles. The number of primary amides is 1. The molecule has 0 saturated carbocycles. The minimum atomic E-state index is -2.03. The van der Waals surface area contributed by atoms with Crippen LogP contribution in [0.5, 0.6) is 0 Å². The molecule has 0 aliphatic carbocycles. The maximum absolute atomic E-state index is 10.6. The molecule has 2 atom stereocenters. The second kappa shape index (κ2) is 6.01. The Labute approximate surface area is 109 Å². The van der Waals surface area contributed by atoms with E-state index in [0.29, 0.717) is 0 Å². The average molecular weight is 276 g/mol. The Morgan fingerprint density at radius 1 is 1.50 bits per heavy atom. The summed E-state index contributed by atoms with van der Waals surface area (Å²) in [6, 6.07) is 6.16. The first-order valence-corrected chi connectivity index (χ1v) is 5.48. The molecule has 7 heteroatoms. The molecule has 1 amide bonds. The standard InChI is InChI=1S/C11H14ClNO5/c12-8-4-2-1-3-7(8)11(17,9(15)5-14)6-18-10(13)16/h1-4,9,14-15,17H,5-6H2,(H2,13,16)/t9?,11-/m0/s1. The van der Waals surface area contributed by atoms with Gasteiger partial charge in [-0.3, -0.25) is 0 Å². The zero-order valence-corrected chi connectivity index (χ0v) is 10.2. The smallest absolute Gasteiger partial charge is 0.404 e. The largest absolute Gasteiger partial charge is 0.446 e. The van der Waals surface area contributed by atoms with Gasteiger partial charge in [-0.05, 0) is 6.07 Å². The molecule has 0 spiro atoms. The number of aliphatic hydroxyl groups excluding tert-OH is 2. The molecule has 0 heterocycles. The van der Waals surface area contributed by atoms with E-state index in [9.17, 15) is 15.0 Å². The second-order valence-corrected chi connectivity index (χ2v) is 4.12. The summed E-state index contributed by atoms with van der Waals surface area (Å²) in [5, 5.41) is 29.2. The van der Waals surface area contributed by atoms with E-state index < -0.39 is 31.0 Å². The summed E-state index contributed by atoms with van der Waals surface area (Å²) < 4.78 is 4.50. The van der Waals surface area contributed by atoms with Crippen molar-refractivity contribution in [2.24, 2.45) is 5.73 Å². The number of hydrogen-bond donors (Lipinski definition) is 4. The minimum absolute atomic E-state index is 0.134. The summed E-state index contributed by atoms with van der Waals surface area (Å²) in [7, 11) is 0. The molecule has 5 N–H and O–H groups in total. The summed E-state index contributed by atoms with van der Waals surface area (Å²) >= 11 is 5.90. The van der Waals surface area contributed by atoms with Gasteiger partial charge in [-0.1, -0.05) is 29.8 Å². The number of hydrogen-bond acceptors (Lipinski definition) is 5. The van der Waals surface area contributed by atoms with Crippen molar-refractivity contribution in [1.82, 2.24) is 0 Å². The van der Waals surface area contributed by atoms with E-state index >= 15 is 0 Å². The third-order valence-electron chi connectivity index (χ3n) is 2.50. The number of ether oxygens (including phenoxy) is 1. The molecule has 0 bridgehead atoms. The van der Waals surface area contributed by atoms with Crippen molar-refractivity contribution in [2.45, 2.75) is 11.7 Å². The summed E-state index contributed by atoms with van der Waals surface area (Å²) in [6.45, 7) is -1.35. The monoisotopic (exact) mass is 275 g/mol. The van der Waals surface area contributed by atoms with Crippen molar-refractivity contribution >= 4 is 17.7 Å². The molecule has 1 unspecified atom stereocenters. The summed E-state index contributed by atoms with van der Waals surface area (Å²) in [5.41, 5.74) is 2.92. The lowest BCUT2D eigenvalue weighted by Crippen LogP contribution is -2.46. The molecular weight excluding hydrogens is 262 g/mol. The lowest BCUT2D eigenvalue weighted by atomic mass is 9.89. The maximum atomic E-state index is 10.6. The van der Waals surface area contributed by atoms with Crippen molar-refractivity contribution in [3.8, 4) is 0 Å². The van der Waals surface area contributed by atoms with Crippen LogP contribution >= 0.6 is 11.6 Å². The van der Waals surface area contributed by atoms with Crippen molar-refractivity contribution < 1.29 is 24.9 Å². The predicted octanol–water partition coefficient (Wildman–Crippen LogP) is -0.0239. The molecule has 100 valence electrons. The van der Waals surface area contributed by atoms with Gasteiger partial charge in [-0.2, -0.15) is 0 Å². The first kappa shape index (κ1) is 14.7. The maximum Gasteiger partial charge on any atom is 0.404 e. The fourth-order valence-electron chi connectivity index (χ4n) is 1.50. The molecule has 1 rings (SSSR count). The van der Waals surface area contributed by atoms with Crippen molar-refractivity contribution in [1.29, 1.82) is 0 Å². The molecular formula is C11H14ClNO5. The molecule has 0 aliphatic heterocycles. The Balaban J connectivity index is 3.12. The Bertz CT molecular complexity index is 428. The van der Waals surface area contributed by atoms with E-state index in [1.54, 1.807) is 12.1 Å². The highest BCUT2D eigenvalue weighted by atomic mass is 35.5. The molecule has 18 heavy (non-hydrogen) atoms. The molecule has 1 aromatic rings. The fourth-order valence-corrected chi connectivity index (χ4v) is 1.80. The van der Waals surface area contributed by atoms with Gasteiger partial charge in [-0.25, -0.2) is 4.79 Å². The van der Waals surface area contributed by atoms with E-state index in [1.807, 2.05) is 0 Å². The Morgan fingerprint density at radius 3 is 2.61 bits per heavy atom. The average Bonchev–Trinajstić information content (AvgIpc) is 2.35. The molecule has 0 radical (unpaired) electrons. The predicted molar refractivity (Wildman–Crippen MR) is 64.0 cm³/mol. The number of aliphatic hydroxyl groups is 3. The van der Waals surface area contributed by atoms with Crippen LogP contribution in [0.3, 0.4) is 0 Å². The van der Waals surface area contributed by atoms with E-state index in [1.165, 1.54) is 12.1 Å². The topological polar surface area (TPSA) is 113 Å². The molecule has 0 aromatic heterocycles. The van der Waals surface area contributed by atoms with E-state index in [4.69, 9.17) is 22.4 Å². The van der Waals surface area contributed by atoms with Crippen LogP contribution in [0.15, 0.2) is 24.3 Å². The number of nitrogens with two attached hydrogens (primary N) is 1. The van der Waals surface area contributed by atoms with Gasteiger partial charge in [0.25, 0.3) is 0 Å². The van der Waals surface area contributed by atoms with E-state index in [0.717, 1.165) is 0 Å². The van der Waals surface area contributed by atoms with Crippen molar-refractivity contribution in [2.75, 3.05) is 13.2 Å². The summed E-state index contributed by atoms with van der Waals surface area (Å²) in [5.74, 6) is 0. The summed E-state index contributed by atoms with van der Waals surface area (Å²) in [6.07, 6.45) is -2.68. The number of benzene rings is 1. The Hall–Kier alpha value is -1.34. The molecule has 0 saturated heterocycles. The number of carbonyl (C=O) groups is 1. The van der Waals surface area contributed by atoms with Gasteiger partial charge < -0.3 is 25.8 Å². The van der Waals surface area contributed by atoms with Crippen LogP contribution in [0.2, 0.25) is 5.02 Å².